The van der Waals surface area contributed by atoms with Crippen molar-refractivity contribution in [3.05, 3.63) is 33.9 Å². The Morgan fingerprint density at radius 2 is 2.35 bits per heavy atom. The molecule has 20 heavy (non-hydrogen) atoms. The van der Waals surface area contributed by atoms with E-state index in [2.05, 4.69) is 5.32 Å². The third-order valence-electron chi connectivity index (χ3n) is 2.59. The van der Waals surface area contributed by atoms with E-state index in [0.717, 1.165) is 0 Å². The van der Waals surface area contributed by atoms with Gasteiger partial charge in [0.05, 0.1) is 17.4 Å². The molecule has 0 fully saturated rings. The zero-order chi connectivity index (χ0) is 15.1. The molecule has 0 heterocycles. The minimum Gasteiger partial charge on any atom is -0.481 e. The van der Waals surface area contributed by atoms with Crippen LogP contribution in [0, 0.1) is 21.4 Å². The number of hydrogen-bond acceptors (Lipinski definition) is 6. The fraction of sp³-hybridized carbons (Fsp3) is 0.333. The third kappa shape index (κ3) is 3.93. The van der Waals surface area contributed by atoms with E-state index in [4.69, 9.17) is 15.1 Å². The lowest BCUT2D eigenvalue weighted by Crippen LogP contribution is -2.25. The molecule has 0 saturated carbocycles. The Labute approximate surface area is 114 Å². The Bertz CT molecular complexity index is 553. The maximum atomic E-state index is 11.0. The average Bonchev–Trinajstić information content (AvgIpc) is 2.42. The largest absolute Gasteiger partial charge is 0.481 e. The molecule has 0 aliphatic carbocycles. The lowest BCUT2D eigenvalue weighted by Gasteiger charge is -2.15. The van der Waals surface area contributed by atoms with Gasteiger partial charge in [-0.25, -0.2) is 0 Å². The van der Waals surface area contributed by atoms with Gasteiger partial charge in [-0.3, -0.25) is 14.9 Å². The minimum absolute atomic E-state index is 0.0628. The Morgan fingerprint density at radius 1 is 1.65 bits per heavy atom. The normalized spacial score (nSPS) is 11.4. The molecule has 106 valence electrons. The highest BCUT2D eigenvalue weighted by Crippen LogP contribution is 2.28. The first-order valence-electron chi connectivity index (χ1n) is 5.65. The van der Waals surface area contributed by atoms with E-state index in [1.165, 1.54) is 25.3 Å². The Balaban J connectivity index is 2.90. The number of ether oxygens (including phenoxy) is 1. The van der Waals surface area contributed by atoms with Crippen LogP contribution >= 0.6 is 0 Å². The van der Waals surface area contributed by atoms with Gasteiger partial charge in [0, 0.05) is 13.7 Å². The highest BCUT2D eigenvalue weighted by Gasteiger charge is 2.20. The lowest BCUT2D eigenvalue weighted by molar-refractivity contribution is -0.384. The molecule has 1 unspecified atom stereocenters. The van der Waals surface area contributed by atoms with Crippen LogP contribution < -0.4 is 5.32 Å². The maximum Gasteiger partial charge on any atom is 0.309 e. The Hall–Kier alpha value is -2.66. The fourth-order valence-corrected chi connectivity index (χ4v) is 1.63. The minimum atomic E-state index is -1.03. The monoisotopic (exact) mass is 279 g/mol. The summed E-state index contributed by atoms with van der Waals surface area (Å²) in [4.78, 5) is 20.9. The van der Waals surface area contributed by atoms with Gasteiger partial charge < -0.3 is 15.2 Å². The van der Waals surface area contributed by atoms with Crippen LogP contribution in [-0.4, -0.2) is 35.8 Å². The number of nitro benzene ring substituents is 1. The van der Waals surface area contributed by atoms with E-state index in [9.17, 15) is 14.9 Å². The van der Waals surface area contributed by atoms with E-state index in [0.29, 0.717) is 0 Å². The molecule has 1 rings (SSSR count). The van der Waals surface area contributed by atoms with E-state index in [1.807, 2.05) is 0 Å². The second-order valence-corrected chi connectivity index (χ2v) is 3.91. The van der Waals surface area contributed by atoms with Gasteiger partial charge in [-0.05, 0) is 12.1 Å². The quantitative estimate of drug-likeness (QED) is 0.570. The van der Waals surface area contributed by atoms with Crippen molar-refractivity contribution < 1.29 is 19.6 Å². The summed E-state index contributed by atoms with van der Waals surface area (Å²) in [5, 5.41) is 31.3. The van der Waals surface area contributed by atoms with Gasteiger partial charge in [0.15, 0.2) is 0 Å². The number of hydrogen-bond donors (Lipinski definition) is 2. The highest BCUT2D eigenvalue weighted by molar-refractivity contribution is 5.69. The first-order valence-corrected chi connectivity index (χ1v) is 5.65. The molecule has 1 aromatic rings. The molecule has 8 nitrogen and oxygen atoms in total. The number of methoxy groups -OCH3 is 1. The van der Waals surface area contributed by atoms with Crippen LogP contribution in [0.15, 0.2) is 18.2 Å². The Kier molecular flexibility index (Phi) is 5.43. The molecule has 0 aliphatic heterocycles. The molecule has 0 amide bonds. The first kappa shape index (κ1) is 15.4. The van der Waals surface area contributed by atoms with Gasteiger partial charge in [-0.15, -0.1) is 0 Å². The van der Waals surface area contributed by atoms with Crippen LogP contribution in [-0.2, 0) is 9.53 Å². The summed E-state index contributed by atoms with van der Waals surface area (Å²) in [6.45, 7) is 0.0819. The number of aliphatic carboxylic acids is 1. The molecule has 1 atom stereocenters. The maximum absolute atomic E-state index is 11.0. The number of nitrogens with zero attached hydrogens (tertiary/aromatic N) is 2. The van der Waals surface area contributed by atoms with Crippen LogP contribution in [0.3, 0.4) is 0 Å². The van der Waals surface area contributed by atoms with E-state index in [-0.39, 0.29) is 29.9 Å². The van der Waals surface area contributed by atoms with Crippen LogP contribution in [0.2, 0.25) is 0 Å². The van der Waals surface area contributed by atoms with Crippen molar-refractivity contribution in [3.63, 3.8) is 0 Å². The van der Waals surface area contributed by atoms with E-state index in [1.54, 1.807) is 6.07 Å². The zero-order valence-corrected chi connectivity index (χ0v) is 10.7. The molecule has 1 aromatic carbocycles. The average molecular weight is 279 g/mol. The molecule has 0 aliphatic rings. The molecule has 0 aromatic heterocycles. The van der Waals surface area contributed by atoms with Gasteiger partial charge in [-0.1, -0.05) is 6.07 Å². The topological polar surface area (TPSA) is 125 Å². The Morgan fingerprint density at radius 3 is 2.85 bits per heavy atom. The standard InChI is InChI=1S/C12H13N3O5/c1-20-9(5-11(16)17)7-14-10-4-2-3-8(6-13)12(10)15(18)19/h2-4,9,14H,5,7H2,1H3,(H,16,17). The zero-order valence-electron chi connectivity index (χ0n) is 10.7. The first-order chi connectivity index (χ1) is 9.49. The number of anilines is 1. The second kappa shape index (κ2) is 7.06. The van der Waals surface area contributed by atoms with Gasteiger partial charge in [-0.2, -0.15) is 5.26 Å². The molecule has 0 spiro atoms. The van der Waals surface area contributed by atoms with Crippen molar-refractivity contribution >= 4 is 17.3 Å². The molecular weight excluding hydrogens is 266 g/mol. The van der Waals surface area contributed by atoms with E-state index >= 15 is 0 Å². The summed E-state index contributed by atoms with van der Waals surface area (Å²) < 4.78 is 4.96. The van der Waals surface area contributed by atoms with Crippen molar-refractivity contribution in [1.82, 2.24) is 0 Å². The summed E-state index contributed by atoms with van der Waals surface area (Å²) in [6, 6.07) is 6.04. The summed E-state index contributed by atoms with van der Waals surface area (Å²) in [7, 11) is 1.36. The van der Waals surface area contributed by atoms with Crippen LogP contribution in [0.4, 0.5) is 11.4 Å². The van der Waals surface area contributed by atoms with Crippen LogP contribution in [0.1, 0.15) is 12.0 Å². The summed E-state index contributed by atoms with van der Waals surface area (Å²) in [6.07, 6.45) is -0.854. The van der Waals surface area contributed by atoms with Crippen molar-refractivity contribution in [2.45, 2.75) is 12.5 Å². The molecule has 8 heteroatoms. The van der Waals surface area contributed by atoms with Gasteiger partial charge in [0.25, 0.3) is 0 Å². The SMILES string of the molecule is COC(CNc1cccc(C#N)c1[N+](=O)[O-])CC(=O)O. The highest BCUT2D eigenvalue weighted by atomic mass is 16.6. The number of nitro groups is 1. The number of benzene rings is 1. The molecule has 2 N–H and O–H groups in total. The lowest BCUT2D eigenvalue weighted by atomic mass is 10.1. The molecule has 0 bridgehead atoms. The summed E-state index contributed by atoms with van der Waals surface area (Å²) in [5.41, 5.74) is -0.242. The fourth-order valence-electron chi connectivity index (χ4n) is 1.63. The number of para-hydroxylation sites is 1. The number of carboxylic acids is 1. The predicted molar refractivity (Wildman–Crippen MR) is 69.4 cm³/mol. The van der Waals surface area contributed by atoms with Crippen molar-refractivity contribution in [2.75, 3.05) is 19.0 Å². The van der Waals surface area contributed by atoms with E-state index < -0.39 is 17.0 Å². The number of nitrogens with one attached hydrogen (secondary N) is 1. The van der Waals surface area contributed by atoms with Crippen molar-refractivity contribution in [2.24, 2.45) is 0 Å². The van der Waals surface area contributed by atoms with Crippen LogP contribution in [0.5, 0.6) is 0 Å². The van der Waals surface area contributed by atoms with Gasteiger partial charge in [0.2, 0.25) is 0 Å². The smallest absolute Gasteiger partial charge is 0.309 e. The summed E-state index contributed by atoms with van der Waals surface area (Å²) >= 11 is 0. The molecule has 0 saturated heterocycles. The van der Waals surface area contributed by atoms with Crippen molar-refractivity contribution in [3.8, 4) is 6.07 Å². The molecule has 0 radical (unpaired) electrons. The van der Waals surface area contributed by atoms with Gasteiger partial charge in [0.1, 0.15) is 17.3 Å². The number of carbonyl (C=O) groups is 1. The third-order valence-corrected chi connectivity index (χ3v) is 2.59. The van der Waals surface area contributed by atoms with Crippen molar-refractivity contribution in [1.29, 1.82) is 5.26 Å². The number of rotatable bonds is 7. The van der Waals surface area contributed by atoms with Gasteiger partial charge >= 0.3 is 11.7 Å². The summed E-state index contributed by atoms with van der Waals surface area (Å²) in [5.74, 6) is -1.03. The predicted octanol–water partition coefficient (Wildman–Crippen LogP) is 1.37. The number of carboxylic acid groups (broad SMARTS) is 1. The van der Waals surface area contributed by atoms with Crippen LogP contribution in [0.25, 0.3) is 0 Å². The number of nitriles is 1. The molecular formula is C12H13N3O5. The second-order valence-electron chi connectivity index (χ2n) is 3.91.